The number of aromatic hydroxyl groups is 1. The predicted octanol–water partition coefficient (Wildman–Crippen LogP) is 2.68. The summed E-state index contributed by atoms with van der Waals surface area (Å²) in [6, 6.07) is 4.59. The van der Waals surface area contributed by atoms with E-state index in [0.717, 1.165) is 25.7 Å². The molecule has 1 aromatic rings. The Morgan fingerprint density at radius 2 is 2.16 bits per heavy atom. The molecule has 0 saturated heterocycles. The van der Waals surface area contributed by atoms with E-state index in [2.05, 4.69) is 5.32 Å². The molecule has 0 unspecified atom stereocenters. The van der Waals surface area contributed by atoms with Crippen molar-refractivity contribution in [2.24, 2.45) is 0 Å². The van der Waals surface area contributed by atoms with Crippen molar-refractivity contribution in [1.29, 1.82) is 0 Å². The van der Waals surface area contributed by atoms with E-state index in [-0.39, 0.29) is 22.8 Å². The molecule has 1 amide bonds. The molecule has 0 heterocycles. The zero-order valence-electron chi connectivity index (χ0n) is 10.9. The van der Waals surface area contributed by atoms with Gasteiger partial charge in [0.1, 0.15) is 11.5 Å². The third-order valence-corrected chi connectivity index (χ3v) is 4.16. The van der Waals surface area contributed by atoms with Gasteiger partial charge < -0.3 is 15.2 Å². The van der Waals surface area contributed by atoms with Crippen LogP contribution in [0.5, 0.6) is 11.5 Å². The van der Waals surface area contributed by atoms with Crippen LogP contribution in [0.4, 0.5) is 0 Å². The summed E-state index contributed by atoms with van der Waals surface area (Å²) < 4.78 is 5.06. The van der Waals surface area contributed by atoms with E-state index in [1.807, 2.05) is 0 Å². The van der Waals surface area contributed by atoms with Crippen LogP contribution in [0.2, 0.25) is 0 Å². The second-order valence-corrected chi connectivity index (χ2v) is 5.23. The molecule has 19 heavy (non-hydrogen) atoms. The first kappa shape index (κ1) is 14.0. The normalized spacial score (nSPS) is 17.2. The summed E-state index contributed by atoms with van der Waals surface area (Å²) in [5, 5.41) is 12.7. The Morgan fingerprint density at radius 3 is 2.74 bits per heavy atom. The van der Waals surface area contributed by atoms with E-state index in [0.29, 0.717) is 11.6 Å². The van der Waals surface area contributed by atoms with Crippen molar-refractivity contribution in [3.63, 3.8) is 0 Å². The summed E-state index contributed by atoms with van der Waals surface area (Å²) in [6.07, 6.45) is 3.90. The topological polar surface area (TPSA) is 58.6 Å². The highest BCUT2D eigenvalue weighted by molar-refractivity contribution is 6.19. The maximum atomic E-state index is 12.3. The molecule has 1 saturated carbocycles. The first-order valence-corrected chi connectivity index (χ1v) is 6.89. The Kier molecular flexibility index (Phi) is 4.20. The van der Waals surface area contributed by atoms with Gasteiger partial charge in [0.05, 0.1) is 18.2 Å². The molecule has 5 heteroatoms. The molecule has 0 aromatic heterocycles. The average Bonchev–Trinajstić information content (AvgIpc) is 2.88. The molecule has 104 valence electrons. The molecule has 2 rings (SSSR count). The Morgan fingerprint density at radius 1 is 1.47 bits per heavy atom. The van der Waals surface area contributed by atoms with Gasteiger partial charge >= 0.3 is 0 Å². The molecule has 1 aromatic carbocycles. The van der Waals surface area contributed by atoms with E-state index in [9.17, 15) is 9.90 Å². The van der Waals surface area contributed by atoms with Crippen LogP contribution in [-0.4, -0.2) is 29.5 Å². The number of hydrogen-bond acceptors (Lipinski definition) is 3. The van der Waals surface area contributed by atoms with Gasteiger partial charge in [-0.1, -0.05) is 12.8 Å². The molecule has 0 radical (unpaired) electrons. The fourth-order valence-corrected chi connectivity index (χ4v) is 2.81. The highest BCUT2D eigenvalue weighted by Gasteiger charge is 2.35. The highest BCUT2D eigenvalue weighted by Crippen LogP contribution is 2.32. The molecule has 0 bridgehead atoms. The van der Waals surface area contributed by atoms with Gasteiger partial charge in [-0.15, -0.1) is 11.6 Å². The third kappa shape index (κ3) is 2.95. The first-order valence-electron chi connectivity index (χ1n) is 6.36. The van der Waals surface area contributed by atoms with Crippen LogP contribution >= 0.6 is 11.6 Å². The second-order valence-electron chi connectivity index (χ2n) is 4.96. The van der Waals surface area contributed by atoms with Crippen LogP contribution in [0.3, 0.4) is 0 Å². The minimum Gasteiger partial charge on any atom is -0.507 e. The maximum absolute atomic E-state index is 12.3. The van der Waals surface area contributed by atoms with Gasteiger partial charge in [0.15, 0.2) is 0 Å². The second kappa shape index (κ2) is 5.70. The molecule has 0 atom stereocenters. The fourth-order valence-electron chi connectivity index (χ4n) is 2.48. The van der Waals surface area contributed by atoms with Crippen LogP contribution in [0, 0.1) is 0 Å². The Balaban J connectivity index is 2.19. The van der Waals surface area contributed by atoms with E-state index in [1.54, 1.807) is 6.07 Å². The lowest BCUT2D eigenvalue weighted by molar-refractivity contribution is 0.0906. The number of carbonyl (C=O) groups excluding carboxylic acids is 1. The van der Waals surface area contributed by atoms with Crippen molar-refractivity contribution in [2.75, 3.05) is 13.0 Å². The van der Waals surface area contributed by atoms with Gasteiger partial charge in [0, 0.05) is 5.88 Å². The summed E-state index contributed by atoms with van der Waals surface area (Å²) >= 11 is 5.99. The summed E-state index contributed by atoms with van der Waals surface area (Å²) in [5.74, 6) is 0.568. The summed E-state index contributed by atoms with van der Waals surface area (Å²) in [5.41, 5.74) is -0.121. The Hall–Kier alpha value is -1.42. The number of methoxy groups -OCH3 is 1. The summed E-state index contributed by atoms with van der Waals surface area (Å²) in [7, 11) is 1.52. The van der Waals surface area contributed by atoms with Crippen molar-refractivity contribution in [3.8, 4) is 11.5 Å². The monoisotopic (exact) mass is 283 g/mol. The Labute approximate surface area is 117 Å². The van der Waals surface area contributed by atoms with Gasteiger partial charge in [-0.2, -0.15) is 0 Å². The molecule has 1 aliphatic rings. The van der Waals surface area contributed by atoms with Gasteiger partial charge in [-0.05, 0) is 31.0 Å². The van der Waals surface area contributed by atoms with E-state index in [4.69, 9.17) is 16.3 Å². The van der Waals surface area contributed by atoms with Gasteiger partial charge in [-0.25, -0.2) is 0 Å². The number of amides is 1. The number of phenols is 1. The lowest BCUT2D eigenvalue weighted by atomic mass is 9.99. The number of halogens is 1. The standard InChI is InChI=1S/C14H18ClNO3/c1-19-10-4-5-12(17)11(8-10)13(18)16-14(9-15)6-2-3-7-14/h4-5,8,17H,2-3,6-7,9H2,1H3,(H,16,18). The van der Waals surface area contributed by atoms with Crippen molar-refractivity contribution < 1.29 is 14.6 Å². The number of nitrogens with one attached hydrogen (secondary N) is 1. The van der Waals surface area contributed by atoms with Crippen LogP contribution in [0.15, 0.2) is 18.2 Å². The van der Waals surface area contributed by atoms with Crippen LogP contribution < -0.4 is 10.1 Å². The fraction of sp³-hybridized carbons (Fsp3) is 0.500. The first-order chi connectivity index (χ1) is 9.10. The number of hydrogen-bond donors (Lipinski definition) is 2. The number of benzene rings is 1. The van der Waals surface area contributed by atoms with Crippen LogP contribution in [0.25, 0.3) is 0 Å². The molecular formula is C14H18ClNO3. The van der Waals surface area contributed by atoms with Crippen molar-refractivity contribution >= 4 is 17.5 Å². The molecule has 1 aliphatic carbocycles. The number of phenolic OH excluding ortho intramolecular Hbond substituents is 1. The molecule has 1 fully saturated rings. The van der Waals surface area contributed by atoms with Crippen molar-refractivity contribution in [1.82, 2.24) is 5.32 Å². The minimum absolute atomic E-state index is 0.0546. The lowest BCUT2D eigenvalue weighted by Gasteiger charge is -2.28. The van der Waals surface area contributed by atoms with Gasteiger partial charge in [0.2, 0.25) is 0 Å². The lowest BCUT2D eigenvalue weighted by Crippen LogP contribution is -2.47. The minimum atomic E-state index is -0.339. The van der Waals surface area contributed by atoms with Crippen LogP contribution in [-0.2, 0) is 0 Å². The SMILES string of the molecule is COc1ccc(O)c(C(=O)NC2(CCl)CCCC2)c1. The van der Waals surface area contributed by atoms with Crippen LogP contribution in [0.1, 0.15) is 36.0 Å². The predicted molar refractivity (Wildman–Crippen MR) is 74.0 cm³/mol. The number of rotatable bonds is 4. The average molecular weight is 284 g/mol. The smallest absolute Gasteiger partial charge is 0.255 e. The highest BCUT2D eigenvalue weighted by atomic mass is 35.5. The molecule has 0 aliphatic heterocycles. The van der Waals surface area contributed by atoms with E-state index >= 15 is 0 Å². The number of alkyl halides is 1. The van der Waals surface area contributed by atoms with Gasteiger partial charge in [-0.3, -0.25) is 4.79 Å². The molecule has 4 nitrogen and oxygen atoms in total. The quantitative estimate of drug-likeness (QED) is 0.835. The molecule has 0 spiro atoms. The van der Waals surface area contributed by atoms with Crippen molar-refractivity contribution in [2.45, 2.75) is 31.2 Å². The maximum Gasteiger partial charge on any atom is 0.255 e. The molecular weight excluding hydrogens is 266 g/mol. The summed E-state index contributed by atoms with van der Waals surface area (Å²) in [4.78, 5) is 12.3. The number of ether oxygens (including phenoxy) is 1. The number of carbonyl (C=O) groups is 1. The molecule has 2 N–H and O–H groups in total. The van der Waals surface area contributed by atoms with E-state index < -0.39 is 0 Å². The Bertz CT molecular complexity index is 470. The zero-order valence-corrected chi connectivity index (χ0v) is 11.7. The van der Waals surface area contributed by atoms with E-state index in [1.165, 1.54) is 19.2 Å². The van der Waals surface area contributed by atoms with Crippen molar-refractivity contribution in [3.05, 3.63) is 23.8 Å². The zero-order chi connectivity index (χ0) is 13.9. The largest absolute Gasteiger partial charge is 0.507 e. The summed E-state index contributed by atoms with van der Waals surface area (Å²) in [6.45, 7) is 0. The third-order valence-electron chi connectivity index (χ3n) is 3.64. The van der Waals surface area contributed by atoms with Gasteiger partial charge in [0.25, 0.3) is 5.91 Å².